The number of carbonyl (C=O) groups excluding carboxylic acids is 3. The fourth-order valence-corrected chi connectivity index (χ4v) is 6.11. The number of amides is 1. The summed E-state index contributed by atoms with van der Waals surface area (Å²) in [4.78, 5) is 37.5. The lowest BCUT2D eigenvalue weighted by Gasteiger charge is -2.37. The zero-order valence-electron chi connectivity index (χ0n) is 19.3. The van der Waals surface area contributed by atoms with Crippen LogP contribution in [0.25, 0.3) is 0 Å². The number of ether oxygens (including phenoxy) is 2. The van der Waals surface area contributed by atoms with Gasteiger partial charge in [0, 0.05) is 6.20 Å². The second kappa shape index (κ2) is 9.92. The molecule has 2 saturated heterocycles. The molecule has 0 N–H and O–H groups in total. The minimum atomic E-state index is -3.99. The molecule has 3 aliphatic heterocycles. The van der Waals surface area contributed by atoms with Gasteiger partial charge in [0.25, 0.3) is 0 Å². The highest BCUT2D eigenvalue weighted by Crippen LogP contribution is 2.59. The molecular formula is C23H30NO9P. The Morgan fingerprint density at radius 1 is 1.38 bits per heavy atom. The summed E-state index contributed by atoms with van der Waals surface area (Å²) >= 11 is 0. The van der Waals surface area contributed by atoms with Crippen LogP contribution in [-0.4, -0.2) is 60.3 Å². The molecule has 4 rings (SSSR count). The predicted octanol–water partition coefficient (Wildman–Crippen LogP) is 2.72. The number of terminal acetylenes is 1. The van der Waals surface area contributed by atoms with E-state index in [-0.39, 0.29) is 43.9 Å². The van der Waals surface area contributed by atoms with Gasteiger partial charge in [0.15, 0.2) is 12.0 Å². The van der Waals surface area contributed by atoms with E-state index in [0.29, 0.717) is 0 Å². The molecule has 0 spiro atoms. The number of phosphoric acid groups is 1. The van der Waals surface area contributed by atoms with Gasteiger partial charge in [-0.3, -0.25) is 32.9 Å². The van der Waals surface area contributed by atoms with Crippen LogP contribution in [0, 0.1) is 23.7 Å². The number of phosphoric ester groups is 1. The van der Waals surface area contributed by atoms with E-state index in [4.69, 9.17) is 29.5 Å². The molecule has 11 heteroatoms. The van der Waals surface area contributed by atoms with Gasteiger partial charge >= 0.3 is 13.8 Å². The van der Waals surface area contributed by atoms with Gasteiger partial charge < -0.3 is 9.47 Å². The normalized spacial score (nSPS) is 36.9. The lowest BCUT2D eigenvalue weighted by atomic mass is 9.82. The van der Waals surface area contributed by atoms with E-state index in [2.05, 4.69) is 5.92 Å². The van der Waals surface area contributed by atoms with Gasteiger partial charge in [0.1, 0.15) is 23.7 Å². The largest absolute Gasteiger partial charge is 0.475 e. The third-order valence-electron chi connectivity index (χ3n) is 6.77. The molecule has 4 aliphatic rings. The minimum absolute atomic E-state index is 0.0207. The van der Waals surface area contributed by atoms with Gasteiger partial charge in [0.05, 0.1) is 25.6 Å². The Kier molecular flexibility index (Phi) is 7.32. The predicted molar refractivity (Wildman–Crippen MR) is 118 cm³/mol. The Morgan fingerprint density at radius 2 is 2.12 bits per heavy atom. The van der Waals surface area contributed by atoms with E-state index in [9.17, 15) is 18.9 Å². The van der Waals surface area contributed by atoms with Crippen molar-refractivity contribution < 1.29 is 42.0 Å². The first kappa shape index (κ1) is 25.1. The summed E-state index contributed by atoms with van der Waals surface area (Å²) in [5.41, 5.74) is -1.17. The summed E-state index contributed by atoms with van der Waals surface area (Å²) in [7, 11) is -3.99. The zero-order valence-corrected chi connectivity index (χ0v) is 20.2. The molecule has 1 saturated carbocycles. The van der Waals surface area contributed by atoms with Crippen molar-refractivity contribution in [3.63, 3.8) is 0 Å². The molecule has 1 amide bonds. The van der Waals surface area contributed by atoms with Crippen molar-refractivity contribution in [1.82, 2.24) is 4.90 Å². The highest BCUT2D eigenvalue weighted by molar-refractivity contribution is 7.48. The van der Waals surface area contributed by atoms with Crippen molar-refractivity contribution in [2.45, 2.75) is 76.9 Å². The van der Waals surface area contributed by atoms with Gasteiger partial charge in [-0.05, 0) is 45.1 Å². The van der Waals surface area contributed by atoms with Crippen molar-refractivity contribution in [1.29, 1.82) is 0 Å². The van der Waals surface area contributed by atoms with Gasteiger partial charge in [0.2, 0.25) is 5.91 Å². The second-order valence-electron chi connectivity index (χ2n) is 9.35. The van der Waals surface area contributed by atoms with Crippen molar-refractivity contribution >= 4 is 25.5 Å². The number of nitrogens with zero attached hydrogens (tertiary/aromatic N) is 1. The molecule has 3 heterocycles. The average Bonchev–Trinajstić information content (AvgIpc) is 3.40. The molecule has 10 nitrogen and oxygen atoms in total. The van der Waals surface area contributed by atoms with Crippen molar-refractivity contribution in [2.24, 2.45) is 11.3 Å². The fourth-order valence-electron chi connectivity index (χ4n) is 4.62. The number of rotatable bonds is 7. The monoisotopic (exact) mass is 495 g/mol. The van der Waals surface area contributed by atoms with E-state index in [1.165, 1.54) is 17.2 Å². The Hall–Kier alpha value is -2.02. The molecule has 1 unspecified atom stereocenters. The second-order valence-corrected chi connectivity index (χ2v) is 11.0. The standard InChI is InChI=1S/C23H30NO9P/c1-4-23(3)20-18(32-22(23)24-11-9-16(25)13-19(24)26)14-30-34(28,33-20)29-12-10-15(2)21(27)31-17-7-5-6-8-17/h1,9,11,15,17-18,20,22H,5-8,10,12-14H2,2-3H3/t15?,18-,20-,22-,23-,34+/m1/s1. The van der Waals surface area contributed by atoms with Crippen LogP contribution in [0.4, 0.5) is 0 Å². The SMILES string of the molecule is C#C[C@]1(C)[C@@H]2O[P@@](=O)(OCCC(C)C(=O)OC3CCCC3)OC[C@H]2O[C@H]1N1C=CC(=O)CC1=O. The van der Waals surface area contributed by atoms with Crippen molar-refractivity contribution in [3.8, 4) is 12.3 Å². The molecule has 0 bridgehead atoms. The van der Waals surface area contributed by atoms with Crippen LogP contribution < -0.4 is 0 Å². The summed E-state index contributed by atoms with van der Waals surface area (Å²) < 4.78 is 41.2. The molecule has 0 aromatic carbocycles. The maximum absolute atomic E-state index is 13.2. The third-order valence-corrected chi connectivity index (χ3v) is 8.22. The Balaban J connectivity index is 1.35. The van der Waals surface area contributed by atoms with Crippen molar-refractivity contribution in [2.75, 3.05) is 13.2 Å². The van der Waals surface area contributed by atoms with Gasteiger partial charge in [-0.1, -0.05) is 12.8 Å². The summed E-state index contributed by atoms with van der Waals surface area (Å²) in [6.45, 7) is 3.24. The number of hydrogen-bond acceptors (Lipinski definition) is 9. The first-order chi connectivity index (χ1) is 16.1. The number of allylic oxidation sites excluding steroid dienone is 1. The highest BCUT2D eigenvalue weighted by atomic mass is 31.2. The van der Waals surface area contributed by atoms with Crippen molar-refractivity contribution in [3.05, 3.63) is 12.3 Å². The first-order valence-electron chi connectivity index (χ1n) is 11.6. The Labute approximate surface area is 198 Å². The van der Waals surface area contributed by atoms with E-state index >= 15 is 0 Å². The summed E-state index contributed by atoms with van der Waals surface area (Å²) in [6.07, 6.45) is 9.85. The number of esters is 1. The number of ketones is 1. The molecule has 186 valence electrons. The molecule has 34 heavy (non-hydrogen) atoms. The molecule has 0 aromatic heterocycles. The van der Waals surface area contributed by atoms with Gasteiger partial charge in [-0.2, -0.15) is 0 Å². The van der Waals surface area contributed by atoms with E-state index in [0.717, 1.165) is 25.7 Å². The lowest BCUT2D eigenvalue weighted by molar-refractivity contribution is -0.153. The van der Waals surface area contributed by atoms with Crippen LogP contribution >= 0.6 is 7.82 Å². The smallest absolute Gasteiger partial charge is 0.462 e. The maximum atomic E-state index is 13.2. The zero-order chi connectivity index (χ0) is 24.5. The quantitative estimate of drug-likeness (QED) is 0.227. The van der Waals surface area contributed by atoms with Crippen LogP contribution in [0.2, 0.25) is 0 Å². The van der Waals surface area contributed by atoms with E-state index in [1.54, 1.807) is 13.8 Å². The van der Waals surface area contributed by atoms with Gasteiger partial charge in [-0.15, -0.1) is 6.42 Å². The fraction of sp³-hybridized carbons (Fsp3) is 0.696. The summed E-state index contributed by atoms with van der Waals surface area (Å²) in [6, 6.07) is 0. The topological polar surface area (TPSA) is 118 Å². The number of hydrogen-bond donors (Lipinski definition) is 0. The first-order valence-corrected chi connectivity index (χ1v) is 13.0. The number of carbonyl (C=O) groups is 3. The molecule has 3 fully saturated rings. The van der Waals surface area contributed by atoms with Crippen LogP contribution in [0.3, 0.4) is 0 Å². The molecule has 1 aliphatic carbocycles. The summed E-state index contributed by atoms with van der Waals surface area (Å²) in [5.74, 6) is 1.14. The average molecular weight is 495 g/mol. The number of fused-ring (bicyclic) bond motifs is 1. The maximum Gasteiger partial charge on any atom is 0.475 e. The summed E-state index contributed by atoms with van der Waals surface area (Å²) in [5, 5.41) is 0. The molecular weight excluding hydrogens is 465 g/mol. The third kappa shape index (κ3) is 5.00. The van der Waals surface area contributed by atoms with Crippen LogP contribution in [0.15, 0.2) is 12.3 Å². The van der Waals surface area contributed by atoms with Gasteiger partial charge in [-0.25, -0.2) is 4.57 Å². The molecule has 0 radical (unpaired) electrons. The van der Waals surface area contributed by atoms with E-state index in [1.807, 2.05) is 0 Å². The highest BCUT2D eigenvalue weighted by Gasteiger charge is 2.61. The van der Waals surface area contributed by atoms with Crippen LogP contribution in [-0.2, 0) is 42.0 Å². The lowest BCUT2D eigenvalue weighted by Crippen LogP contribution is -2.49. The van der Waals surface area contributed by atoms with Crippen LogP contribution in [0.1, 0.15) is 52.4 Å². The van der Waals surface area contributed by atoms with E-state index < -0.39 is 43.5 Å². The minimum Gasteiger partial charge on any atom is -0.462 e. The molecule has 0 aromatic rings. The Morgan fingerprint density at radius 3 is 2.79 bits per heavy atom. The Bertz CT molecular complexity index is 953. The molecule has 6 atom stereocenters. The van der Waals surface area contributed by atoms with Crippen LogP contribution in [0.5, 0.6) is 0 Å².